The Bertz CT molecular complexity index is 804. The third-order valence-electron chi connectivity index (χ3n) is 3.79. The minimum absolute atomic E-state index is 0.0316. The lowest BCUT2D eigenvalue weighted by molar-refractivity contribution is 0.312. The maximum atomic E-state index is 12.6. The summed E-state index contributed by atoms with van der Waals surface area (Å²) in [5.74, 6) is -0.0316. The Labute approximate surface area is 128 Å². The Morgan fingerprint density at radius 2 is 2.14 bits per heavy atom. The quantitative estimate of drug-likeness (QED) is 0.899. The molecule has 116 valence electrons. The van der Waals surface area contributed by atoms with Crippen LogP contribution in [0.2, 0.25) is 0 Å². The number of pyridine rings is 1. The van der Waals surface area contributed by atoms with Gasteiger partial charge in [0.25, 0.3) is 0 Å². The third kappa shape index (κ3) is 2.93. The number of nitrogens with one attached hydrogen (secondary N) is 1. The van der Waals surface area contributed by atoms with Gasteiger partial charge in [0.1, 0.15) is 4.90 Å². The number of piperidine rings is 1. The van der Waals surface area contributed by atoms with Crippen molar-refractivity contribution < 1.29 is 8.42 Å². The molecule has 0 aromatic carbocycles. The minimum Gasteiger partial charge on any atom is -0.309 e. The van der Waals surface area contributed by atoms with Gasteiger partial charge in [0.2, 0.25) is 10.0 Å². The average molecular weight is 320 g/mol. The van der Waals surface area contributed by atoms with E-state index in [-0.39, 0.29) is 10.8 Å². The van der Waals surface area contributed by atoms with Crippen molar-refractivity contribution in [2.75, 3.05) is 13.1 Å². The molecule has 0 aliphatic carbocycles. The topological polar surface area (TPSA) is 96.0 Å². The van der Waals surface area contributed by atoms with Crippen molar-refractivity contribution in [3.63, 3.8) is 0 Å². The Balaban J connectivity index is 1.86. The van der Waals surface area contributed by atoms with E-state index >= 15 is 0 Å². The van der Waals surface area contributed by atoms with E-state index in [9.17, 15) is 13.2 Å². The van der Waals surface area contributed by atoms with Gasteiger partial charge in [0.15, 0.2) is 0 Å². The maximum absolute atomic E-state index is 12.6. The second-order valence-corrected chi connectivity index (χ2v) is 7.16. The molecule has 1 aliphatic rings. The van der Waals surface area contributed by atoms with Gasteiger partial charge in [0.05, 0.1) is 0 Å². The van der Waals surface area contributed by atoms with E-state index in [1.807, 2.05) is 0 Å². The number of aromatic nitrogens is 3. The summed E-state index contributed by atoms with van der Waals surface area (Å²) in [5.41, 5.74) is 0.316. The van der Waals surface area contributed by atoms with Crippen molar-refractivity contribution in [2.45, 2.75) is 23.7 Å². The van der Waals surface area contributed by atoms with Gasteiger partial charge in [0, 0.05) is 43.3 Å². The van der Waals surface area contributed by atoms with Crippen LogP contribution in [0, 0.1) is 0 Å². The summed E-state index contributed by atoms with van der Waals surface area (Å²) in [7, 11) is -3.55. The van der Waals surface area contributed by atoms with Gasteiger partial charge in [-0.2, -0.15) is 4.31 Å². The van der Waals surface area contributed by atoms with E-state index in [0.29, 0.717) is 13.1 Å². The molecule has 3 rings (SSSR count). The smallest absolute Gasteiger partial charge is 0.309 e. The minimum atomic E-state index is -3.55. The SMILES string of the molecule is O=c1nccc([C@@H]2CCCN(S(=O)(=O)c3cccnc3)C2)[nH]1. The highest BCUT2D eigenvalue weighted by atomic mass is 32.2. The predicted molar refractivity (Wildman–Crippen MR) is 79.8 cm³/mol. The number of rotatable bonds is 3. The monoisotopic (exact) mass is 320 g/mol. The summed E-state index contributed by atoms with van der Waals surface area (Å²) in [6, 6.07) is 4.88. The normalized spacial score (nSPS) is 19.9. The highest BCUT2D eigenvalue weighted by Crippen LogP contribution is 2.28. The summed E-state index contributed by atoms with van der Waals surface area (Å²) >= 11 is 0. The first kappa shape index (κ1) is 14.9. The zero-order chi connectivity index (χ0) is 15.6. The molecule has 1 saturated heterocycles. The van der Waals surface area contributed by atoms with Gasteiger partial charge in [-0.1, -0.05) is 0 Å². The fourth-order valence-electron chi connectivity index (χ4n) is 2.68. The van der Waals surface area contributed by atoms with Crippen LogP contribution in [0.1, 0.15) is 24.5 Å². The zero-order valence-electron chi connectivity index (χ0n) is 11.8. The Morgan fingerprint density at radius 3 is 2.86 bits per heavy atom. The molecule has 2 aromatic rings. The van der Waals surface area contributed by atoms with E-state index in [2.05, 4.69) is 15.0 Å². The molecule has 0 bridgehead atoms. The van der Waals surface area contributed by atoms with Crippen LogP contribution in [-0.2, 0) is 10.0 Å². The summed E-state index contributed by atoms with van der Waals surface area (Å²) in [6.45, 7) is 0.820. The maximum Gasteiger partial charge on any atom is 0.345 e. The number of H-pyrrole nitrogens is 1. The molecule has 0 saturated carbocycles. The van der Waals surface area contributed by atoms with Crippen molar-refractivity contribution in [2.24, 2.45) is 0 Å². The van der Waals surface area contributed by atoms with E-state index in [0.717, 1.165) is 18.5 Å². The van der Waals surface area contributed by atoms with Crippen molar-refractivity contribution in [1.82, 2.24) is 19.3 Å². The highest BCUT2D eigenvalue weighted by Gasteiger charge is 2.31. The molecule has 1 N–H and O–H groups in total. The number of nitrogens with zero attached hydrogens (tertiary/aromatic N) is 3. The van der Waals surface area contributed by atoms with Crippen LogP contribution in [0.5, 0.6) is 0 Å². The second kappa shape index (κ2) is 5.98. The first-order valence-corrected chi connectivity index (χ1v) is 8.47. The molecule has 0 amide bonds. The van der Waals surface area contributed by atoms with Crippen LogP contribution >= 0.6 is 0 Å². The van der Waals surface area contributed by atoms with Gasteiger partial charge in [-0.3, -0.25) is 4.98 Å². The Hall–Kier alpha value is -2.06. The molecule has 0 spiro atoms. The summed E-state index contributed by atoms with van der Waals surface area (Å²) in [6.07, 6.45) is 5.92. The molecule has 0 radical (unpaired) electrons. The number of hydrogen-bond donors (Lipinski definition) is 1. The van der Waals surface area contributed by atoms with E-state index in [1.165, 1.54) is 16.7 Å². The van der Waals surface area contributed by atoms with E-state index in [1.54, 1.807) is 24.4 Å². The molecular weight excluding hydrogens is 304 g/mol. The summed E-state index contributed by atoms with van der Waals surface area (Å²) < 4.78 is 26.7. The molecule has 8 heteroatoms. The first-order chi connectivity index (χ1) is 10.6. The number of sulfonamides is 1. The van der Waals surface area contributed by atoms with Crippen LogP contribution in [-0.4, -0.2) is 40.8 Å². The number of aromatic amines is 1. The van der Waals surface area contributed by atoms with E-state index in [4.69, 9.17) is 0 Å². The van der Waals surface area contributed by atoms with Gasteiger partial charge < -0.3 is 4.98 Å². The molecule has 1 atom stereocenters. The van der Waals surface area contributed by atoms with Crippen molar-refractivity contribution in [3.05, 3.63) is 53.0 Å². The molecule has 2 aromatic heterocycles. The van der Waals surface area contributed by atoms with Crippen LogP contribution in [0.15, 0.2) is 46.5 Å². The lowest BCUT2D eigenvalue weighted by atomic mass is 9.96. The van der Waals surface area contributed by atoms with Crippen molar-refractivity contribution >= 4 is 10.0 Å². The average Bonchev–Trinajstić information content (AvgIpc) is 2.56. The van der Waals surface area contributed by atoms with Crippen molar-refractivity contribution in [3.8, 4) is 0 Å². The Kier molecular flexibility index (Phi) is 4.04. The number of hydrogen-bond acceptors (Lipinski definition) is 5. The molecule has 22 heavy (non-hydrogen) atoms. The Morgan fingerprint density at radius 1 is 1.27 bits per heavy atom. The van der Waals surface area contributed by atoms with E-state index < -0.39 is 15.7 Å². The van der Waals surface area contributed by atoms with Crippen LogP contribution < -0.4 is 5.69 Å². The molecule has 0 unspecified atom stereocenters. The zero-order valence-corrected chi connectivity index (χ0v) is 12.7. The van der Waals surface area contributed by atoms with Gasteiger partial charge >= 0.3 is 5.69 Å². The molecule has 7 nitrogen and oxygen atoms in total. The summed E-state index contributed by atoms with van der Waals surface area (Å²) in [5, 5.41) is 0. The largest absolute Gasteiger partial charge is 0.345 e. The van der Waals surface area contributed by atoms with Crippen molar-refractivity contribution in [1.29, 1.82) is 0 Å². The third-order valence-corrected chi connectivity index (χ3v) is 5.64. The predicted octanol–water partition coefficient (Wildman–Crippen LogP) is 0.733. The molecule has 1 aliphatic heterocycles. The second-order valence-electron chi connectivity index (χ2n) is 5.22. The lowest BCUT2D eigenvalue weighted by Gasteiger charge is -2.31. The molecule has 1 fully saturated rings. The highest BCUT2D eigenvalue weighted by molar-refractivity contribution is 7.89. The lowest BCUT2D eigenvalue weighted by Crippen LogP contribution is -2.39. The standard InChI is InChI=1S/C14H16N4O3S/c19-14-16-7-5-13(17-14)11-3-2-8-18(10-11)22(20,21)12-4-1-6-15-9-12/h1,4-7,9,11H,2-3,8,10H2,(H,16,17,19)/t11-/m1/s1. The fourth-order valence-corrected chi connectivity index (χ4v) is 4.17. The van der Waals surface area contributed by atoms with Gasteiger partial charge in [-0.25, -0.2) is 18.2 Å². The van der Waals surface area contributed by atoms with Crippen LogP contribution in [0.3, 0.4) is 0 Å². The fraction of sp³-hybridized carbons (Fsp3) is 0.357. The van der Waals surface area contributed by atoms with Gasteiger partial charge in [-0.15, -0.1) is 0 Å². The van der Waals surface area contributed by atoms with Crippen LogP contribution in [0.4, 0.5) is 0 Å². The summed E-state index contributed by atoms with van der Waals surface area (Å²) in [4.78, 5) is 21.7. The molecule has 3 heterocycles. The van der Waals surface area contributed by atoms with Gasteiger partial charge in [-0.05, 0) is 31.0 Å². The van der Waals surface area contributed by atoms with Crippen LogP contribution in [0.25, 0.3) is 0 Å². The molecular formula is C14H16N4O3S. The first-order valence-electron chi connectivity index (χ1n) is 7.03.